The van der Waals surface area contributed by atoms with E-state index in [4.69, 9.17) is 15.2 Å². The number of primary amides is 1. The van der Waals surface area contributed by atoms with Crippen LogP contribution in [0.4, 0.5) is 4.79 Å². The molecule has 1 aromatic carbocycles. The van der Waals surface area contributed by atoms with Crippen LogP contribution in [0.5, 0.6) is 5.75 Å². The van der Waals surface area contributed by atoms with Gasteiger partial charge in [-0.05, 0) is 26.0 Å². The van der Waals surface area contributed by atoms with Gasteiger partial charge in [0.2, 0.25) is 0 Å². The lowest BCUT2D eigenvalue weighted by Gasteiger charge is -2.25. The molecule has 0 bridgehead atoms. The van der Waals surface area contributed by atoms with E-state index in [1.54, 1.807) is 0 Å². The molecule has 4 nitrogen and oxygen atoms in total. The van der Waals surface area contributed by atoms with Crippen LogP contribution in [-0.4, -0.2) is 11.7 Å². The maximum atomic E-state index is 10.9. The van der Waals surface area contributed by atoms with E-state index in [2.05, 4.69) is 15.9 Å². The average molecular weight is 286 g/mol. The van der Waals surface area contributed by atoms with Gasteiger partial charge in [-0.15, -0.1) is 0 Å². The highest BCUT2D eigenvalue weighted by Crippen LogP contribution is 2.45. The minimum atomic E-state index is -0.794. The summed E-state index contributed by atoms with van der Waals surface area (Å²) in [6.07, 6.45) is -1.26. The van der Waals surface area contributed by atoms with Gasteiger partial charge in [0.05, 0.1) is 0 Å². The molecule has 1 aromatic rings. The fraction of sp³-hybridized carbons (Fsp3) is 0.364. The Bertz CT molecular complexity index is 445. The molecule has 0 saturated heterocycles. The maximum absolute atomic E-state index is 10.9. The van der Waals surface area contributed by atoms with Gasteiger partial charge in [0.15, 0.2) is 6.10 Å². The van der Waals surface area contributed by atoms with Gasteiger partial charge < -0.3 is 15.2 Å². The normalized spacial score (nSPS) is 21.1. The second-order valence-electron chi connectivity index (χ2n) is 4.20. The number of amides is 1. The molecule has 1 amide bonds. The summed E-state index contributed by atoms with van der Waals surface area (Å²) in [6, 6.07) is 5.59. The third-order valence-corrected chi connectivity index (χ3v) is 2.99. The summed E-state index contributed by atoms with van der Waals surface area (Å²) in [5.41, 5.74) is 5.30. The molecule has 1 heterocycles. The van der Waals surface area contributed by atoms with Crippen LogP contribution in [0.3, 0.4) is 0 Å². The molecule has 1 aliphatic rings. The van der Waals surface area contributed by atoms with Crippen LogP contribution in [0.2, 0.25) is 0 Å². The van der Waals surface area contributed by atoms with Gasteiger partial charge in [-0.25, -0.2) is 4.79 Å². The third-order valence-electron chi connectivity index (χ3n) is 2.50. The number of carbonyl (C=O) groups excluding carboxylic acids is 1. The van der Waals surface area contributed by atoms with E-state index in [9.17, 15) is 4.79 Å². The molecule has 0 aromatic heterocycles. The number of nitrogens with two attached hydrogens (primary N) is 1. The summed E-state index contributed by atoms with van der Waals surface area (Å²) < 4.78 is 11.7. The van der Waals surface area contributed by atoms with Gasteiger partial charge in [-0.2, -0.15) is 0 Å². The van der Waals surface area contributed by atoms with E-state index in [-0.39, 0.29) is 0 Å². The Kier molecular flexibility index (Phi) is 2.58. The predicted octanol–water partition coefficient (Wildman–Crippen LogP) is 2.76. The highest BCUT2D eigenvalue weighted by Gasteiger charge is 2.43. The Morgan fingerprint density at radius 1 is 1.56 bits per heavy atom. The highest BCUT2D eigenvalue weighted by atomic mass is 79.9. The van der Waals surface area contributed by atoms with Gasteiger partial charge in [0.25, 0.3) is 0 Å². The van der Waals surface area contributed by atoms with E-state index in [0.717, 1.165) is 10.0 Å². The summed E-state index contributed by atoms with van der Waals surface area (Å²) in [4.78, 5) is 10.9. The van der Waals surface area contributed by atoms with Crippen LogP contribution in [0.25, 0.3) is 0 Å². The van der Waals surface area contributed by atoms with Crippen LogP contribution < -0.4 is 10.5 Å². The van der Waals surface area contributed by atoms with Crippen molar-refractivity contribution in [2.75, 3.05) is 0 Å². The zero-order valence-electron chi connectivity index (χ0n) is 8.99. The predicted molar refractivity (Wildman–Crippen MR) is 62.3 cm³/mol. The van der Waals surface area contributed by atoms with Crippen molar-refractivity contribution in [1.82, 2.24) is 0 Å². The molecule has 86 valence electrons. The van der Waals surface area contributed by atoms with Gasteiger partial charge in [0.1, 0.15) is 11.4 Å². The SMILES string of the molecule is CC1(C)Oc2cc(Br)ccc2C1OC(N)=O. The van der Waals surface area contributed by atoms with Crippen LogP contribution >= 0.6 is 15.9 Å². The van der Waals surface area contributed by atoms with E-state index < -0.39 is 17.8 Å². The fourth-order valence-corrected chi connectivity index (χ4v) is 2.19. The van der Waals surface area contributed by atoms with Crippen molar-refractivity contribution in [3.8, 4) is 5.75 Å². The van der Waals surface area contributed by atoms with Gasteiger partial charge in [-0.1, -0.05) is 22.0 Å². The topological polar surface area (TPSA) is 61.6 Å². The molecule has 1 unspecified atom stereocenters. The summed E-state index contributed by atoms with van der Waals surface area (Å²) in [5.74, 6) is 0.714. The molecule has 0 fully saturated rings. The first-order valence-corrected chi connectivity index (χ1v) is 5.64. The number of ether oxygens (including phenoxy) is 2. The molecule has 1 aliphatic heterocycles. The fourth-order valence-electron chi connectivity index (χ4n) is 1.85. The van der Waals surface area contributed by atoms with Crippen molar-refractivity contribution in [1.29, 1.82) is 0 Å². The molecular formula is C11H12BrNO3. The molecule has 0 spiro atoms. The first-order valence-electron chi connectivity index (χ1n) is 4.85. The Labute approximate surface area is 102 Å². The number of hydrogen-bond donors (Lipinski definition) is 1. The summed E-state index contributed by atoms with van der Waals surface area (Å²) in [5, 5.41) is 0. The number of rotatable bonds is 1. The lowest BCUT2D eigenvalue weighted by atomic mass is 9.97. The second-order valence-corrected chi connectivity index (χ2v) is 5.12. The van der Waals surface area contributed by atoms with Crippen LogP contribution in [-0.2, 0) is 4.74 Å². The molecule has 0 radical (unpaired) electrons. The molecule has 1 atom stereocenters. The minimum absolute atomic E-state index is 0.465. The quantitative estimate of drug-likeness (QED) is 0.863. The van der Waals surface area contributed by atoms with Crippen molar-refractivity contribution in [2.45, 2.75) is 25.6 Å². The molecule has 16 heavy (non-hydrogen) atoms. The Hall–Kier alpha value is -1.23. The molecule has 5 heteroatoms. The number of carbonyl (C=O) groups is 1. The average Bonchev–Trinajstić information content (AvgIpc) is 2.36. The van der Waals surface area contributed by atoms with Crippen molar-refractivity contribution in [3.05, 3.63) is 28.2 Å². The first-order chi connectivity index (χ1) is 7.40. The highest BCUT2D eigenvalue weighted by molar-refractivity contribution is 9.10. The lowest BCUT2D eigenvalue weighted by molar-refractivity contribution is -0.0100. The lowest BCUT2D eigenvalue weighted by Crippen LogP contribution is -2.34. The molecule has 0 aliphatic carbocycles. The number of fused-ring (bicyclic) bond motifs is 1. The van der Waals surface area contributed by atoms with Crippen molar-refractivity contribution in [2.24, 2.45) is 5.73 Å². The third kappa shape index (κ3) is 1.87. The minimum Gasteiger partial charge on any atom is -0.483 e. The van der Waals surface area contributed by atoms with Crippen molar-refractivity contribution < 1.29 is 14.3 Å². The summed E-state index contributed by atoms with van der Waals surface area (Å²) in [7, 11) is 0. The number of hydrogen-bond acceptors (Lipinski definition) is 3. The summed E-state index contributed by atoms with van der Waals surface area (Å²) in [6.45, 7) is 3.71. The van der Waals surface area contributed by atoms with Gasteiger partial charge >= 0.3 is 6.09 Å². The Morgan fingerprint density at radius 2 is 2.25 bits per heavy atom. The standard InChI is InChI=1S/C11H12BrNO3/c1-11(2)9(15-10(13)14)7-4-3-6(12)5-8(7)16-11/h3-5,9H,1-2H3,(H2,13,14). The summed E-state index contributed by atoms with van der Waals surface area (Å²) >= 11 is 3.36. The van der Waals surface area contributed by atoms with Crippen LogP contribution in [0, 0.1) is 0 Å². The number of halogens is 1. The van der Waals surface area contributed by atoms with Crippen molar-refractivity contribution in [3.63, 3.8) is 0 Å². The largest absolute Gasteiger partial charge is 0.483 e. The van der Waals surface area contributed by atoms with E-state index in [0.29, 0.717) is 5.75 Å². The van der Waals surface area contributed by atoms with Gasteiger partial charge in [0, 0.05) is 10.0 Å². The molecular weight excluding hydrogens is 274 g/mol. The van der Waals surface area contributed by atoms with Gasteiger partial charge in [-0.3, -0.25) is 0 Å². The smallest absolute Gasteiger partial charge is 0.405 e. The number of benzene rings is 1. The second kappa shape index (κ2) is 3.66. The van der Waals surface area contributed by atoms with E-state index in [1.807, 2.05) is 32.0 Å². The first kappa shape index (κ1) is 11.3. The molecule has 2 rings (SSSR count). The van der Waals surface area contributed by atoms with E-state index >= 15 is 0 Å². The zero-order chi connectivity index (χ0) is 11.9. The molecule has 0 saturated carbocycles. The van der Waals surface area contributed by atoms with Crippen molar-refractivity contribution >= 4 is 22.0 Å². The van der Waals surface area contributed by atoms with E-state index in [1.165, 1.54) is 0 Å². The van der Waals surface area contributed by atoms with Crippen LogP contribution in [0.15, 0.2) is 22.7 Å². The zero-order valence-corrected chi connectivity index (χ0v) is 10.6. The maximum Gasteiger partial charge on any atom is 0.405 e. The van der Waals surface area contributed by atoms with Crippen LogP contribution in [0.1, 0.15) is 25.5 Å². The Balaban J connectivity index is 2.41. The Morgan fingerprint density at radius 3 is 2.88 bits per heavy atom. The monoisotopic (exact) mass is 285 g/mol. The molecule has 2 N–H and O–H groups in total.